The lowest BCUT2D eigenvalue weighted by atomic mass is 10.0. The molecular weight excluding hydrogens is 260 g/mol. The van der Waals surface area contributed by atoms with Gasteiger partial charge >= 0.3 is 0 Å². The summed E-state index contributed by atoms with van der Waals surface area (Å²) >= 11 is 1.64. The molecule has 0 amide bonds. The summed E-state index contributed by atoms with van der Waals surface area (Å²) in [5.41, 5.74) is 1.98. The standard InChI is InChI=1S/C15H20O3S/c1-17-8-4-5-9-18-15-7-3-2-6-12(15)13-10-19-11-14(13)16/h2-3,6-7,10,14,16H,4-5,8-9,11H2,1H3. The fraction of sp³-hybridized carbons (Fsp3) is 0.467. The summed E-state index contributed by atoms with van der Waals surface area (Å²) in [5, 5.41) is 12.0. The Bertz CT molecular complexity index is 431. The first-order chi connectivity index (χ1) is 9.33. The predicted octanol–water partition coefficient (Wildman–Crippen LogP) is 2.94. The molecule has 0 bridgehead atoms. The van der Waals surface area contributed by atoms with E-state index in [9.17, 15) is 5.11 Å². The SMILES string of the molecule is COCCCCOc1ccccc1C1=CSCC1O. The van der Waals surface area contributed by atoms with Crippen LogP contribution in [0.15, 0.2) is 29.7 Å². The van der Waals surface area contributed by atoms with Crippen LogP contribution in [0.5, 0.6) is 5.75 Å². The molecule has 0 aromatic heterocycles. The van der Waals surface area contributed by atoms with Crippen LogP contribution in [0, 0.1) is 0 Å². The molecule has 0 radical (unpaired) electrons. The van der Waals surface area contributed by atoms with Crippen LogP contribution in [-0.2, 0) is 4.74 Å². The maximum Gasteiger partial charge on any atom is 0.126 e. The molecule has 3 nitrogen and oxygen atoms in total. The molecule has 1 atom stereocenters. The molecule has 1 aliphatic rings. The summed E-state index contributed by atoms with van der Waals surface area (Å²) < 4.78 is 10.8. The van der Waals surface area contributed by atoms with Crippen molar-refractivity contribution in [2.45, 2.75) is 18.9 Å². The number of hydrogen-bond donors (Lipinski definition) is 1. The summed E-state index contributed by atoms with van der Waals surface area (Å²) in [6.45, 7) is 1.45. The Morgan fingerprint density at radius 1 is 1.26 bits per heavy atom. The van der Waals surface area contributed by atoms with Crippen molar-refractivity contribution in [3.63, 3.8) is 0 Å². The van der Waals surface area contributed by atoms with Crippen LogP contribution in [0.3, 0.4) is 0 Å². The lowest BCUT2D eigenvalue weighted by Gasteiger charge is -2.14. The van der Waals surface area contributed by atoms with Gasteiger partial charge in [0.25, 0.3) is 0 Å². The van der Waals surface area contributed by atoms with E-state index in [0.717, 1.165) is 42.1 Å². The van der Waals surface area contributed by atoms with Gasteiger partial charge in [-0.2, -0.15) is 0 Å². The van der Waals surface area contributed by atoms with Gasteiger partial charge < -0.3 is 14.6 Å². The average molecular weight is 280 g/mol. The van der Waals surface area contributed by atoms with E-state index in [1.54, 1.807) is 18.9 Å². The van der Waals surface area contributed by atoms with Gasteiger partial charge in [-0.3, -0.25) is 0 Å². The average Bonchev–Trinajstić information content (AvgIpc) is 2.85. The van der Waals surface area contributed by atoms with Crippen LogP contribution in [0.4, 0.5) is 0 Å². The van der Waals surface area contributed by atoms with Crippen LogP contribution in [0.1, 0.15) is 18.4 Å². The summed E-state index contributed by atoms with van der Waals surface area (Å²) in [4.78, 5) is 0. The number of unbranched alkanes of at least 4 members (excludes halogenated alkanes) is 1. The normalized spacial score (nSPS) is 18.4. The second-order valence-electron chi connectivity index (χ2n) is 4.47. The molecule has 104 valence electrons. The number of methoxy groups -OCH3 is 1. The third-order valence-corrected chi connectivity index (χ3v) is 3.95. The molecule has 4 heteroatoms. The van der Waals surface area contributed by atoms with Crippen molar-refractivity contribution in [1.29, 1.82) is 0 Å². The maximum atomic E-state index is 9.95. The molecule has 1 aromatic rings. The van der Waals surface area contributed by atoms with Gasteiger partial charge in [-0.25, -0.2) is 0 Å². The molecule has 0 saturated carbocycles. The zero-order valence-electron chi connectivity index (χ0n) is 11.2. The van der Waals surface area contributed by atoms with Crippen molar-refractivity contribution >= 4 is 17.3 Å². The third kappa shape index (κ3) is 4.00. The quantitative estimate of drug-likeness (QED) is 0.779. The highest BCUT2D eigenvalue weighted by atomic mass is 32.2. The monoisotopic (exact) mass is 280 g/mol. The minimum atomic E-state index is -0.386. The number of aliphatic hydroxyl groups is 1. The second-order valence-corrected chi connectivity index (χ2v) is 5.37. The van der Waals surface area contributed by atoms with E-state index in [-0.39, 0.29) is 6.10 Å². The van der Waals surface area contributed by atoms with Crippen molar-refractivity contribution in [1.82, 2.24) is 0 Å². The molecule has 1 N–H and O–H groups in total. The predicted molar refractivity (Wildman–Crippen MR) is 79.5 cm³/mol. The lowest BCUT2D eigenvalue weighted by molar-refractivity contribution is 0.184. The van der Waals surface area contributed by atoms with Crippen molar-refractivity contribution < 1.29 is 14.6 Å². The molecule has 0 saturated heterocycles. The number of rotatable bonds is 7. The van der Waals surface area contributed by atoms with Gasteiger partial charge in [0.1, 0.15) is 5.75 Å². The number of para-hydroxylation sites is 1. The summed E-state index contributed by atoms with van der Waals surface area (Å²) in [6.07, 6.45) is 1.58. The third-order valence-electron chi connectivity index (χ3n) is 3.02. The smallest absolute Gasteiger partial charge is 0.126 e. The van der Waals surface area contributed by atoms with E-state index >= 15 is 0 Å². The fourth-order valence-corrected chi connectivity index (χ4v) is 2.92. The van der Waals surface area contributed by atoms with Gasteiger partial charge in [0, 0.05) is 25.0 Å². The van der Waals surface area contributed by atoms with E-state index in [2.05, 4.69) is 0 Å². The van der Waals surface area contributed by atoms with Crippen LogP contribution >= 0.6 is 11.8 Å². The number of aliphatic hydroxyl groups excluding tert-OH is 1. The van der Waals surface area contributed by atoms with Crippen molar-refractivity contribution in [3.8, 4) is 5.75 Å². The van der Waals surface area contributed by atoms with E-state index in [1.807, 2.05) is 29.7 Å². The summed E-state index contributed by atoms with van der Waals surface area (Å²) in [7, 11) is 1.71. The Kier molecular flexibility index (Phi) is 5.76. The fourth-order valence-electron chi connectivity index (χ4n) is 2.00. The maximum absolute atomic E-state index is 9.95. The molecule has 1 aromatic carbocycles. The molecular formula is C15H20O3S. The van der Waals surface area contributed by atoms with Gasteiger partial charge in [-0.15, -0.1) is 11.8 Å². The molecule has 1 unspecified atom stereocenters. The van der Waals surface area contributed by atoms with E-state index < -0.39 is 0 Å². The van der Waals surface area contributed by atoms with E-state index in [0.29, 0.717) is 6.61 Å². The molecule has 0 fully saturated rings. The van der Waals surface area contributed by atoms with Gasteiger partial charge in [0.05, 0.1) is 12.7 Å². The van der Waals surface area contributed by atoms with Gasteiger partial charge in [-0.05, 0) is 29.9 Å². The number of ether oxygens (including phenoxy) is 2. The zero-order chi connectivity index (χ0) is 13.5. The van der Waals surface area contributed by atoms with Gasteiger partial charge in [-0.1, -0.05) is 18.2 Å². The van der Waals surface area contributed by atoms with Crippen LogP contribution < -0.4 is 4.74 Å². The minimum absolute atomic E-state index is 0.386. The second kappa shape index (κ2) is 7.58. The Hall–Kier alpha value is -0.970. The molecule has 1 aliphatic heterocycles. The molecule has 2 rings (SSSR count). The van der Waals surface area contributed by atoms with Crippen LogP contribution in [-0.4, -0.2) is 37.3 Å². The summed E-state index contributed by atoms with van der Waals surface area (Å²) in [5.74, 6) is 1.59. The first-order valence-electron chi connectivity index (χ1n) is 6.54. The highest BCUT2D eigenvalue weighted by molar-refractivity contribution is 8.02. The highest BCUT2D eigenvalue weighted by Crippen LogP contribution is 2.35. The van der Waals surface area contributed by atoms with Crippen molar-refractivity contribution in [2.75, 3.05) is 26.1 Å². The topological polar surface area (TPSA) is 38.7 Å². The van der Waals surface area contributed by atoms with E-state index in [1.165, 1.54) is 0 Å². The zero-order valence-corrected chi connectivity index (χ0v) is 12.0. The highest BCUT2D eigenvalue weighted by Gasteiger charge is 2.21. The Morgan fingerprint density at radius 2 is 2.05 bits per heavy atom. The summed E-state index contributed by atoms with van der Waals surface area (Å²) in [6, 6.07) is 7.90. The molecule has 19 heavy (non-hydrogen) atoms. The molecule has 0 spiro atoms. The lowest BCUT2D eigenvalue weighted by Crippen LogP contribution is -2.09. The van der Waals surface area contributed by atoms with E-state index in [4.69, 9.17) is 9.47 Å². The largest absolute Gasteiger partial charge is 0.493 e. The first kappa shape index (κ1) is 14.4. The number of benzene rings is 1. The van der Waals surface area contributed by atoms with Gasteiger partial charge in [0.2, 0.25) is 0 Å². The molecule has 1 heterocycles. The Balaban J connectivity index is 1.97. The van der Waals surface area contributed by atoms with Crippen molar-refractivity contribution in [3.05, 3.63) is 35.2 Å². The van der Waals surface area contributed by atoms with Crippen molar-refractivity contribution in [2.24, 2.45) is 0 Å². The van der Waals surface area contributed by atoms with Gasteiger partial charge in [0.15, 0.2) is 0 Å². The Labute approximate surface area is 118 Å². The Morgan fingerprint density at radius 3 is 2.79 bits per heavy atom. The van der Waals surface area contributed by atoms with Crippen LogP contribution in [0.2, 0.25) is 0 Å². The first-order valence-corrected chi connectivity index (χ1v) is 7.58. The minimum Gasteiger partial charge on any atom is -0.493 e. The van der Waals surface area contributed by atoms with Crippen LogP contribution in [0.25, 0.3) is 5.57 Å². The molecule has 0 aliphatic carbocycles. The number of hydrogen-bond acceptors (Lipinski definition) is 4. The number of thioether (sulfide) groups is 1.